The highest BCUT2D eigenvalue weighted by Gasteiger charge is 2.21. The van der Waals surface area contributed by atoms with Gasteiger partial charge in [0.1, 0.15) is 5.82 Å². The minimum Gasteiger partial charge on any atom is -0.480 e. The molecular formula is C14H12FNO4. The molecule has 0 heterocycles. The van der Waals surface area contributed by atoms with Crippen LogP contribution in [0.25, 0.3) is 10.8 Å². The minimum atomic E-state index is -1.40. The van der Waals surface area contributed by atoms with Crippen LogP contribution in [0.2, 0.25) is 0 Å². The van der Waals surface area contributed by atoms with Crippen molar-refractivity contribution in [1.29, 1.82) is 0 Å². The number of carbonyl (C=O) groups excluding carboxylic acids is 1. The molecule has 0 aromatic heterocycles. The molecular weight excluding hydrogens is 265 g/mol. The fraction of sp³-hybridized carbons (Fsp3) is 0.143. The average Bonchev–Trinajstić information content (AvgIpc) is 2.45. The zero-order chi connectivity index (χ0) is 14.7. The van der Waals surface area contributed by atoms with Crippen molar-refractivity contribution in [3.05, 3.63) is 47.8 Å². The summed E-state index contributed by atoms with van der Waals surface area (Å²) in [5, 5.41) is 20.5. The number of aliphatic carboxylic acids is 1. The SMILES string of the molecule is O=C(N[C@H](CO)C(=O)O)c1ccc(F)c2ccccc12. The molecule has 0 aliphatic carbocycles. The molecule has 2 aromatic rings. The van der Waals surface area contributed by atoms with Gasteiger partial charge >= 0.3 is 5.97 Å². The monoisotopic (exact) mass is 277 g/mol. The second-order valence-electron chi connectivity index (χ2n) is 4.19. The summed E-state index contributed by atoms with van der Waals surface area (Å²) in [7, 11) is 0. The van der Waals surface area contributed by atoms with Crippen molar-refractivity contribution < 1.29 is 24.2 Å². The molecule has 0 saturated carbocycles. The molecule has 0 unspecified atom stereocenters. The van der Waals surface area contributed by atoms with Gasteiger partial charge in [-0.1, -0.05) is 24.3 Å². The number of rotatable bonds is 4. The molecule has 0 bridgehead atoms. The molecule has 2 rings (SSSR count). The van der Waals surface area contributed by atoms with Gasteiger partial charge in [0.05, 0.1) is 6.61 Å². The maximum absolute atomic E-state index is 13.6. The zero-order valence-electron chi connectivity index (χ0n) is 10.3. The Labute approximate surface area is 113 Å². The molecule has 0 aliphatic heterocycles. The molecule has 20 heavy (non-hydrogen) atoms. The molecule has 2 aromatic carbocycles. The summed E-state index contributed by atoms with van der Waals surface area (Å²) in [6, 6.07) is 7.42. The third-order valence-corrected chi connectivity index (χ3v) is 2.90. The summed E-state index contributed by atoms with van der Waals surface area (Å²) in [6.45, 7) is -0.722. The van der Waals surface area contributed by atoms with E-state index in [1.54, 1.807) is 18.2 Å². The first-order valence-electron chi connectivity index (χ1n) is 5.86. The van der Waals surface area contributed by atoms with E-state index in [4.69, 9.17) is 10.2 Å². The highest BCUT2D eigenvalue weighted by molar-refractivity contribution is 6.08. The van der Waals surface area contributed by atoms with Crippen molar-refractivity contribution in [3.63, 3.8) is 0 Å². The zero-order valence-corrected chi connectivity index (χ0v) is 10.3. The summed E-state index contributed by atoms with van der Waals surface area (Å²) < 4.78 is 13.6. The predicted molar refractivity (Wildman–Crippen MR) is 69.9 cm³/mol. The standard InChI is InChI=1S/C14H12FNO4/c15-11-6-5-10(8-3-1-2-4-9(8)11)13(18)16-12(7-17)14(19)20/h1-6,12,17H,7H2,(H,16,18)(H,19,20)/t12-/m1/s1. The Morgan fingerprint density at radius 2 is 1.80 bits per heavy atom. The van der Waals surface area contributed by atoms with Gasteiger partial charge in [0, 0.05) is 10.9 Å². The van der Waals surface area contributed by atoms with Gasteiger partial charge in [-0.3, -0.25) is 4.79 Å². The molecule has 0 aliphatic rings. The summed E-state index contributed by atoms with van der Waals surface area (Å²) in [4.78, 5) is 22.8. The van der Waals surface area contributed by atoms with Crippen molar-refractivity contribution in [3.8, 4) is 0 Å². The molecule has 0 radical (unpaired) electrons. The first-order chi connectivity index (χ1) is 9.54. The van der Waals surface area contributed by atoms with Gasteiger partial charge in [-0.15, -0.1) is 0 Å². The second kappa shape index (κ2) is 5.66. The number of carboxylic acids is 1. The van der Waals surface area contributed by atoms with Crippen molar-refractivity contribution in [2.24, 2.45) is 0 Å². The molecule has 0 saturated heterocycles. The Kier molecular flexibility index (Phi) is 3.95. The summed E-state index contributed by atoms with van der Waals surface area (Å²) in [5.41, 5.74) is 0.154. The summed E-state index contributed by atoms with van der Waals surface area (Å²) in [6.07, 6.45) is 0. The third-order valence-electron chi connectivity index (χ3n) is 2.90. The van der Waals surface area contributed by atoms with Gasteiger partial charge in [0.2, 0.25) is 0 Å². The predicted octanol–water partition coefficient (Wildman–Crippen LogP) is 1.15. The number of amides is 1. The Morgan fingerprint density at radius 1 is 1.15 bits per heavy atom. The number of aliphatic hydroxyl groups is 1. The number of carboxylic acid groups (broad SMARTS) is 1. The van der Waals surface area contributed by atoms with E-state index in [1.165, 1.54) is 12.1 Å². The number of fused-ring (bicyclic) bond motifs is 1. The van der Waals surface area contributed by atoms with Crippen LogP contribution in [0, 0.1) is 5.82 Å². The first kappa shape index (κ1) is 14.0. The summed E-state index contributed by atoms with van der Waals surface area (Å²) >= 11 is 0. The number of aliphatic hydroxyl groups excluding tert-OH is 1. The van der Waals surface area contributed by atoms with Gasteiger partial charge in [-0.05, 0) is 17.5 Å². The van der Waals surface area contributed by atoms with E-state index in [0.29, 0.717) is 5.39 Å². The van der Waals surface area contributed by atoms with E-state index < -0.39 is 30.3 Å². The van der Waals surface area contributed by atoms with Crippen LogP contribution in [0.5, 0.6) is 0 Å². The topological polar surface area (TPSA) is 86.6 Å². The molecule has 0 spiro atoms. The number of benzene rings is 2. The van der Waals surface area contributed by atoms with Crippen LogP contribution in [0.15, 0.2) is 36.4 Å². The number of hydrogen-bond acceptors (Lipinski definition) is 3. The second-order valence-corrected chi connectivity index (χ2v) is 4.19. The molecule has 0 fully saturated rings. The first-order valence-corrected chi connectivity index (χ1v) is 5.86. The highest BCUT2D eigenvalue weighted by atomic mass is 19.1. The molecule has 3 N–H and O–H groups in total. The van der Waals surface area contributed by atoms with Crippen LogP contribution in [0.4, 0.5) is 4.39 Å². The van der Waals surface area contributed by atoms with Gasteiger partial charge in [-0.2, -0.15) is 0 Å². The van der Waals surface area contributed by atoms with E-state index in [1.807, 2.05) is 0 Å². The smallest absolute Gasteiger partial charge is 0.328 e. The van der Waals surface area contributed by atoms with Crippen molar-refractivity contribution in [2.75, 3.05) is 6.61 Å². The van der Waals surface area contributed by atoms with E-state index in [-0.39, 0.29) is 10.9 Å². The highest BCUT2D eigenvalue weighted by Crippen LogP contribution is 2.21. The lowest BCUT2D eigenvalue weighted by Gasteiger charge is -2.13. The normalized spacial score (nSPS) is 12.1. The lowest BCUT2D eigenvalue weighted by Crippen LogP contribution is -2.43. The molecule has 1 atom stereocenters. The number of halogens is 1. The van der Waals surface area contributed by atoms with Gasteiger partial charge in [-0.25, -0.2) is 9.18 Å². The van der Waals surface area contributed by atoms with Crippen molar-refractivity contribution in [2.45, 2.75) is 6.04 Å². The number of nitrogens with one attached hydrogen (secondary N) is 1. The van der Waals surface area contributed by atoms with Gasteiger partial charge in [0.25, 0.3) is 5.91 Å². The van der Waals surface area contributed by atoms with Crippen LogP contribution in [0.3, 0.4) is 0 Å². The third kappa shape index (κ3) is 2.60. The molecule has 6 heteroatoms. The maximum atomic E-state index is 13.6. The fourth-order valence-electron chi connectivity index (χ4n) is 1.88. The molecule has 5 nitrogen and oxygen atoms in total. The van der Waals surface area contributed by atoms with E-state index in [2.05, 4.69) is 5.32 Å². The summed E-state index contributed by atoms with van der Waals surface area (Å²) in [5.74, 6) is -2.48. The quantitative estimate of drug-likeness (QED) is 0.782. The largest absolute Gasteiger partial charge is 0.480 e. The average molecular weight is 277 g/mol. The minimum absolute atomic E-state index is 0.154. The number of carbonyl (C=O) groups is 2. The number of hydrogen-bond donors (Lipinski definition) is 3. The Bertz CT molecular complexity index is 671. The maximum Gasteiger partial charge on any atom is 0.328 e. The van der Waals surface area contributed by atoms with Crippen LogP contribution < -0.4 is 5.32 Å². The van der Waals surface area contributed by atoms with Crippen LogP contribution >= 0.6 is 0 Å². The van der Waals surface area contributed by atoms with Crippen LogP contribution in [-0.2, 0) is 4.79 Å². The fourth-order valence-corrected chi connectivity index (χ4v) is 1.88. The van der Waals surface area contributed by atoms with Crippen LogP contribution in [0.1, 0.15) is 10.4 Å². The van der Waals surface area contributed by atoms with Crippen LogP contribution in [-0.4, -0.2) is 34.7 Å². The Morgan fingerprint density at radius 3 is 2.40 bits per heavy atom. The Balaban J connectivity index is 2.40. The van der Waals surface area contributed by atoms with Gasteiger partial charge < -0.3 is 15.5 Å². The van der Waals surface area contributed by atoms with Crippen molar-refractivity contribution in [1.82, 2.24) is 5.32 Å². The Hall–Kier alpha value is -2.47. The molecule has 104 valence electrons. The lowest BCUT2D eigenvalue weighted by atomic mass is 10.0. The lowest BCUT2D eigenvalue weighted by molar-refractivity contribution is -0.140. The van der Waals surface area contributed by atoms with E-state index in [0.717, 1.165) is 6.07 Å². The van der Waals surface area contributed by atoms with Gasteiger partial charge in [0.15, 0.2) is 6.04 Å². The van der Waals surface area contributed by atoms with Crippen molar-refractivity contribution >= 4 is 22.6 Å². The van der Waals surface area contributed by atoms with E-state index >= 15 is 0 Å². The van der Waals surface area contributed by atoms with E-state index in [9.17, 15) is 14.0 Å². The molecule has 1 amide bonds.